The van der Waals surface area contributed by atoms with Crippen molar-refractivity contribution in [2.45, 2.75) is 6.61 Å². The Hall–Kier alpha value is -2.76. The van der Waals surface area contributed by atoms with Crippen LogP contribution in [0.15, 0.2) is 59.0 Å². The Kier molecular flexibility index (Phi) is 5.07. The number of aliphatic hydroxyl groups is 1. The van der Waals surface area contributed by atoms with Gasteiger partial charge in [0.2, 0.25) is 0 Å². The number of amides is 1. The first kappa shape index (κ1) is 17.1. The van der Waals surface area contributed by atoms with Crippen LogP contribution in [0.2, 0.25) is 5.02 Å². The molecule has 0 spiro atoms. The number of anilines is 1. The van der Waals surface area contributed by atoms with Crippen LogP contribution in [0.5, 0.6) is 5.75 Å². The van der Waals surface area contributed by atoms with Crippen molar-refractivity contribution < 1.29 is 19.1 Å². The Bertz CT molecular complexity index is 887. The summed E-state index contributed by atoms with van der Waals surface area (Å²) in [6, 6.07) is 15.4. The second kappa shape index (κ2) is 7.42. The molecule has 0 fully saturated rings. The number of furan rings is 1. The van der Waals surface area contributed by atoms with E-state index in [1.54, 1.807) is 48.5 Å². The molecule has 2 aromatic carbocycles. The van der Waals surface area contributed by atoms with Crippen LogP contribution in [0.3, 0.4) is 0 Å². The first-order valence-electron chi connectivity index (χ1n) is 7.55. The van der Waals surface area contributed by atoms with Crippen LogP contribution in [0.4, 0.5) is 5.69 Å². The highest BCUT2D eigenvalue weighted by Crippen LogP contribution is 2.32. The zero-order valence-corrected chi connectivity index (χ0v) is 14.2. The fourth-order valence-corrected chi connectivity index (χ4v) is 2.50. The van der Waals surface area contributed by atoms with E-state index in [1.165, 1.54) is 7.11 Å². The minimum Gasteiger partial charge on any atom is -0.495 e. The minimum absolute atomic E-state index is 0.170. The number of aliphatic hydroxyl groups excluding tert-OH is 1. The number of benzene rings is 2. The van der Waals surface area contributed by atoms with Gasteiger partial charge in [-0.15, -0.1) is 0 Å². The smallest absolute Gasteiger partial charge is 0.255 e. The van der Waals surface area contributed by atoms with Crippen molar-refractivity contribution in [1.29, 1.82) is 0 Å². The van der Waals surface area contributed by atoms with E-state index in [-0.39, 0.29) is 12.5 Å². The molecule has 1 aromatic heterocycles. The van der Waals surface area contributed by atoms with Gasteiger partial charge in [-0.05, 0) is 54.6 Å². The molecule has 0 unspecified atom stereocenters. The number of ether oxygens (including phenoxy) is 1. The van der Waals surface area contributed by atoms with Gasteiger partial charge in [-0.25, -0.2) is 0 Å². The Labute approximate surface area is 149 Å². The Morgan fingerprint density at radius 1 is 1.16 bits per heavy atom. The average Bonchev–Trinajstić information content (AvgIpc) is 3.11. The standard InChI is InChI=1S/C19H16ClNO4/c1-24-18-8-4-13(17-9-7-15(11-22)25-17)10-16(18)21-19(23)12-2-5-14(20)6-3-12/h2-10,22H,11H2,1H3,(H,21,23). The molecule has 6 heteroatoms. The quantitative estimate of drug-likeness (QED) is 0.712. The summed E-state index contributed by atoms with van der Waals surface area (Å²) in [5.41, 5.74) is 1.76. The molecule has 2 N–H and O–H groups in total. The number of halogens is 1. The highest BCUT2D eigenvalue weighted by Gasteiger charge is 2.13. The normalized spacial score (nSPS) is 10.5. The molecule has 3 aromatic rings. The van der Waals surface area contributed by atoms with Crippen molar-refractivity contribution in [3.63, 3.8) is 0 Å². The van der Waals surface area contributed by atoms with Crippen LogP contribution < -0.4 is 10.1 Å². The Morgan fingerprint density at radius 3 is 2.56 bits per heavy atom. The van der Waals surface area contributed by atoms with Gasteiger partial charge in [0.1, 0.15) is 23.9 Å². The SMILES string of the molecule is COc1ccc(-c2ccc(CO)o2)cc1NC(=O)c1ccc(Cl)cc1. The van der Waals surface area contributed by atoms with E-state index in [9.17, 15) is 4.79 Å². The molecule has 0 aliphatic carbocycles. The molecule has 3 rings (SSSR count). The molecule has 0 atom stereocenters. The third-order valence-corrected chi connectivity index (χ3v) is 3.91. The van der Waals surface area contributed by atoms with E-state index in [2.05, 4.69) is 5.32 Å². The zero-order chi connectivity index (χ0) is 17.8. The lowest BCUT2D eigenvalue weighted by Crippen LogP contribution is -2.12. The topological polar surface area (TPSA) is 71.7 Å². The molecule has 1 amide bonds. The predicted molar refractivity (Wildman–Crippen MR) is 96.0 cm³/mol. The number of carbonyl (C=O) groups excluding carboxylic acids is 1. The van der Waals surface area contributed by atoms with Crippen molar-refractivity contribution in [2.75, 3.05) is 12.4 Å². The number of rotatable bonds is 5. The first-order chi connectivity index (χ1) is 12.1. The maximum Gasteiger partial charge on any atom is 0.255 e. The van der Waals surface area contributed by atoms with E-state index < -0.39 is 0 Å². The summed E-state index contributed by atoms with van der Waals surface area (Å²) in [7, 11) is 1.53. The van der Waals surface area contributed by atoms with Crippen LogP contribution in [-0.2, 0) is 6.61 Å². The minimum atomic E-state index is -0.275. The van der Waals surface area contributed by atoms with Crippen LogP contribution >= 0.6 is 11.6 Å². The Morgan fingerprint density at radius 2 is 1.92 bits per heavy atom. The summed E-state index contributed by atoms with van der Waals surface area (Å²) in [5.74, 6) is 1.31. The molecule has 128 valence electrons. The molecular weight excluding hydrogens is 342 g/mol. The van der Waals surface area contributed by atoms with Crippen molar-refractivity contribution in [3.05, 3.63) is 70.9 Å². The maximum absolute atomic E-state index is 12.4. The fraction of sp³-hybridized carbons (Fsp3) is 0.105. The maximum atomic E-state index is 12.4. The molecule has 1 heterocycles. The Balaban J connectivity index is 1.89. The van der Waals surface area contributed by atoms with Crippen molar-refractivity contribution >= 4 is 23.2 Å². The molecule has 5 nitrogen and oxygen atoms in total. The lowest BCUT2D eigenvalue weighted by atomic mass is 10.1. The summed E-state index contributed by atoms with van der Waals surface area (Å²) in [4.78, 5) is 12.4. The number of hydrogen-bond acceptors (Lipinski definition) is 4. The number of methoxy groups -OCH3 is 1. The van der Waals surface area contributed by atoms with Gasteiger partial charge in [-0.3, -0.25) is 4.79 Å². The number of nitrogens with one attached hydrogen (secondary N) is 1. The summed E-state index contributed by atoms with van der Waals surface area (Å²) in [6.07, 6.45) is 0. The third-order valence-electron chi connectivity index (χ3n) is 3.66. The highest BCUT2D eigenvalue weighted by atomic mass is 35.5. The number of hydrogen-bond donors (Lipinski definition) is 2. The van der Waals surface area contributed by atoms with Gasteiger partial charge in [0.05, 0.1) is 12.8 Å². The van der Waals surface area contributed by atoms with Gasteiger partial charge < -0.3 is 19.6 Å². The van der Waals surface area contributed by atoms with E-state index in [4.69, 9.17) is 25.9 Å². The largest absolute Gasteiger partial charge is 0.495 e. The van der Waals surface area contributed by atoms with Crippen LogP contribution in [0, 0.1) is 0 Å². The lowest BCUT2D eigenvalue weighted by molar-refractivity contribution is 0.102. The molecule has 0 aliphatic rings. The first-order valence-corrected chi connectivity index (χ1v) is 7.93. The predicted octanol–water partition coefficient (Wildman–Crippen LogP) is 4.35. The van der Waals surface area contributed by atoms with Crippen molar-refractivity contribution in [1.82, 2.24) is 0 Å². The second-order valence-electron chi connectivity index (χ2n) is 5.30. The van der Waals surface area contributed by atoms with Gasteiger partial charge in [-0.1, -0.05) is 11.6 Å². The van der Waals surface area contributed by atoms with Crippen LogP contribution in [-0.4, -0.2) is 18.1 Å². The van der Waals surface area contributed by atoms with Gasteiger partial charge >= 0.3 is 0 Å². The molecule has 0 aliphatic heterocycles. The van der Waals surface area contributed by atoms with Crippen molar-refractivity contribution in [3.8, 4) is 17.1 Å². The highest BCUT2D eigenvalue weighted by molar-refractivity contribution is 6.30. The van der Waals surface area contributed by atoms with Gasteiger partial charge in [0.25, 0.3) is 5.91 Å². The van der Waals surface area contributed by atoms with Gasteiger partial charge in [0, 0.05) is 16.1 Å². The third kappa shape index (κ3) is 3.84. The van der Waals surface area contributed by atoms with Crippen LogP contribution in [0.25, 0.3) is 11.3 Å². The average molecular weight is 358 g/mol. The van der Waals surface area contributed by atoms with Crippen molar-refractivity contribution in [2.24, 2.45) is 0 Å². The molecule has 0 radical (unpaired) electrons. The molecule has 0 saturated carbocycles. The molecule has 25 heavy (non-hydrogen) atoms. The lowest BCUT2D eigenvalue weighted by Gasteiger charge is -2.11. The molecule has 0 saturated heterocycles. The summed E-state index contributed by atoms with van der Waals surface area (Å²) >= 11 is 5.85. The summed E-state index contributed by atoms with van der Waals surface area (Å²) in [6.45, 7) is -0.170. The van der Waals surface area contributed by atoms with E-state index in [1.807, 2.05) is 6.07 Å². The van der Waals surface area contributed by atoms with Gasteiger partial charge in [-0.2, -0.15) is 0 Å². The monoisotopic (exact) mass is 357 g/mol. The summed E-state index contributed by atoms with van der Waals surface area (Å²) < 4.78 is 10.8. The van der Waals surface area contributed by atoms with Gasteiger partial charge in [0.15, 0.2) is 0 Å². The van der Waals surface area contributed by atoms with Crippen LogP contribution in [0.1, 0.15) is 16.1 Å². The van der Waals surface area contributed by atoms with E-state index in [0.29, 0.717) is 33.5 Å². The van der Waals surface area contributed by atoms with E-state index in [0.717, 1.165) is 5.56 Å². The second-order valence-corrected chi connectivity index (χ2v) is 5.74. The molecular formula is C19H16ClNO4. The zero-order valence-electron chi connectivity index (χ0n) is 13.5. The summed E-state index contributed by atoms with van der Waals surface area (Å²) in [5, 5.41) is 12.5. The molecule has 0 bridgehead atoms. The fourth-order valence-electron chi connectivity index (χ4n) is 2.37. The number of carbonyl (C=O) groups is 1. The van der Waals surface area contributed by atoms with E-state index >= 15 is 0 Å².